The lowest BCUT2D eigenvalue weighted by molar-refractivity contribution is -0.130. The number of H-pyrrole nitrogens is 1. The van der Waals surface area contributed by atoms with Crippen LogP contribution in [0.15, 0.2) is 54.6 Å². The molecule has 0 aliphatic heterocycles. The largest absolute Gasteiger partial charge is 0.508 e. The number of phenolic OH excluding ortho intramolecular Hbond substituents is 1. The number of aromatic amines is 1. The second-order valence-electron chi connectivity index (χ2n) is 6.67. The number of hydrogen-bond acceptors (Lipinski definition) is 3. The summed E-state index contributed by atoms with van der Waals surface area (Å²) in [5.41, 5.74) is 3.48. The normalized spacial score (nSPS) is 12.0. The van der Waals surface area contributed by atoms with Crippen LogP contribution in [-0.2, 0) is 11.3 Å². The molecule has 1 aromatic heterocycles. The number of halogens is 1. The minimum absolute atomic E-state index is 0.0242. The number of benzene rings is 2. The van der Waals surface area contributed by atoms with E-state index in [2.05, 4.69) is 10.2 Å². The molecule has 0 spiro atoms. The molecule has 2 aromatic carbocycles. The van der Waals surface area contributed by atoms with Crippen molar-refractivity contribution in [2.24, 2.45) is 0 Å². The molecule has 0 fully saturated rings. The third-order valence-corrected chi connectivity index (χ3v) is 4.86. The average Bonchev–Trinajstić information content (AvgIpc) is 3.05. The SMILES string of the molecule is Cc1cc(CN(C)C(=O)CC(c2cccc(O)c2)c2ccccc2Cl)n[nH]1. The molecule has 3 rings (SSSR count). The van der Waals surface area contributed by atoms with E-state index in [9.17, 15) is 9.90 Å². The minimum Gasteiger partial charge on any atom is -0.508 e. The lowest BCUT2D eigenvalue weighted by Gasteiger charge is -2.23. The van der Waals surface area contributed by atoms with Crippen LogP contribution >= 0.6 is 11.6 Å². The summed E-state index contributed by atoms with van der Waals surface area (Å²) < 4.78 is 0. The highest BCUT2D eigenvalue weighted by atomic mass is 35.5. The summed E-state index contributed by atoms with van der Waals surface area (Å²) >= 11 is 6.40. The van der Waals surface area contributed by atoms with E-state index in [4.69, 9.17) is 11.6 Å². The fourth-order valence-corrected chi connectivity index (χ4v) is 3.39. The molecule has 140 valence electrons. The zero-order valence-electron chi connectivity index (χ0n) is 15.3. The molecule has 5 nitrogen and oxygen atoms in total. The van der Waals surface area contributed by atoms with Gasteiger partial charge in [0.1, 0.15) is 5.75 Å². The van der Waals surface area contributed by atoms with E-state index in [0.717, 1.165) is 22.5 Å². The summed E-state index contributed by atoms with van der Waals surface area (Å²) in [6.45, 7) is 2.35. The second kappa shape index (κ2) is 8.27. The van der Waals surface area contributed by atoms with Crippen molar-refractivity contribution >= 4 is 17.5 Å². The van der Waals surface area contributed by atoms with Gasteiger partial charge in [-0.15, -0.1) is 0 Å². The van der Waals surface area contributed by atoms with Gasteiger partial charge in [-0.05, 0) is 42.3 Å². The van der Waals surface area contributed by atoms with E-state index in [1.165, 1.54) is 0 Å². The van der Waals surface area contributed by atoms with E-state index in [0.29, 0.717) is 11.6 Å². The van der Waals surface area contributed by atoms with Crippen LogP contribution in [0.4, 0.5) is 0 Å². The minimum atomic E-state index is -0.248. The van der Waals surface area contributed by atoms with E-state index in [1.54, 1.807) is 30.1 Å². The van der Waals surface area contributed by atoms with Gasteiger partial charge < -0.3 is 10.0 Å². The number of aromatic hydroxyl groups is 1. The van der Waals surface area contributed by atoms with Crippen LogP contribution in [0.5, 0.6) is 5.75 Å². The molecule has 1 amide bonds. The van der Waals surface area contributed by atoms with Crippen LogP contribution in [-0.4, -0.2) is 33.2 Å². The molecular weight excluding hydrogens is 362 g/mol. The first kappa shape index (κ1) is 19.0. The third-order valence-electron chi connectivity index (χ3n) is 4.52. The summed E-state index contributed by atoms with van der Waals surface area (Å²) in [6, 6.07) is 16.4. The number of carbonyl (C=O) groups excluding carboxylic acids is 1. The second-order valence-corrected chi connectivity index (χ2v) is 7.07. The lowest BCUT2D eigenvalue weighted by atomic mass is 9.88. The number of phenols is 1. The lowest BCUT2D eigenvalue weighted by Crippen LogP contribution is -2.28. The number of amides is 1. The van der Waals surface area contributed by atoms with Gasteiger partial charge in [-0.3, -0.25) is 9.89 Å². The fraction of sp³-hybridized carbons (Fsp3) is 0.238. The molecule has 2 N–H and O–H groups in total. The van der Waals surface area contributed by atoms with Gasteiger partial charge in [0.15, 0.2) is 0 Å². The quantitative estimate of drug-likeness (QED) is 0.668. The van der Waals surface area contributed by atoms with E-state index >= 15 is 0 Å². The summed E-state index contributed by atoms with van der Waals surface area (Å²) in [4.78, 5) is 14.5. The predicted molar refractivity (Wildman–Crippen MR) is 106 cm³/mol. The number of hydrogen-bond donors (Lipinski definition) is 2. The summed E-state index contributed by atoms with van der Waals surface area (Å²) in [5.74, 6) is -0.108. The Morgan fingerprint density at radius 3 is 2.67 bits per heavy atom. The number of aryl methyl sites for hydroxylation is 1. The van der Waals surface area contributed by atoms with E-state index < -0.39 is 0 Å². The summed E-state index contributed by atoms with van der Waals surface area (Å²) in [7, 11) is 1.76. The van der Waals surface area contributed by atoms with Crippen LogP contribution in [0.2, 0.25) is 5.02 Å². The number of rotatable bonds is 6. The first-order chi connectivity index (χ1) is 12.9. The van der Waals surface area contributed by atoms with E-state index in [1.807, 2.05) is 43.3 Å². The highest BCUT2D eigenvalue weighted by Gasteiger charge is 2.23. The van der Waals surface area contributed by atoms with Gasteiger partial charge in [-0.2, -0.15) is 5.10 Å². The molecule has 0 saturated carbocycles. The van der Waals surface area contributed by atoms with Crippen molar-refractivity contribution in [3.63, 3.8) is 0 Å². The zero-order chi connectivity index (χ0) is 19.4. The predicted octanol–water partition coefficient (Wildman–Crippen LogP) is 4.26. The molecule has 27 heavy (non-hydrogen) atoms. The average molecular weight is 384 g/mol. The summed E-state index contributed by atoms with van der Waals surface area (Å²) in [6.07, 6.45) is 0.243. The van der Waals surface area contributed by atoms with Gasteiger partial charge in [-0.1, -0.05) is 41.9 Å². The number of nitrogens with zero attached hydrogens (tertiary/aromatic N) is 2. The van der Waals surface area contributed by atoms with Gasteiger partial charge in [0.05, 0.1) is 12.2 Å². The monoisotopic (exact) mass is 383 g/mol. The van der Waals surface area contributed by atoms with Gasteiger partial charge in [0.25, 0.3) is 0 Å². The maximum absolute atomic E-state index is 12.9. The first-order valence-corrected chi connectivity index (χ1v) is 9.10. The van der Waals surface area contributed by atoms with Crippen molar-refractivity contribution in [3.05, 3.63) is 82.1 Å². The molecule has 3 aromatic rings. The standard InChI is InChI=1S/C21H22ClN3O2/c1-14-10-16(24-23-14)13-25(2)21(27)12-19(15-6-5-7-17(26)11-15)18-8-3-4-9-20(18)22/h3-11,19,26H,12-13H2,1-2H3,(H,23,24). The molecular formula is C21H22ClN3O2. The van der Waals surface area contributed by atoms with Crippen molar-refractivity contribution in [2.75, 3.05) is 7.05 Å². The zero-order valence-corrected chi connectivity index (χ0v) is 16.1. The van der Waals surface area contributed by atoms with Crippen molar-refractivity contribution in [3.8, 4) is 5.75 Å². The topological polar surface area (TPSA) is 69.2 Å². The molecule has 0 radical (unpaired) electrons. The van der Waals surface area contributed by atoms with Crippen molar-refractivity contribution in [1.82, 2.24) is 15.1 Å². The molecule has 0 bridgehead atoms. The van der Waals surface area contributed by atoms with Crippen LogP contribution in [0.3, 0.4) is 0 Å². The van der Waals surface area contributed by atoms with E-state index in [-0.39, 0.29) is 24.0 Å². The Bertz CT molecular complexity index is 938. The molecule has 1 atom stereocenters. The molecule has 0 saturated heterocycles. The van der Waals surface area contributed by atoms with Crippen LogP contribution in [0.1, 0.15) is 34.9 Å². The van der Waals surface area contributed by atoms with Crippen molar-refractivity contribution in [2.45, 2.75) is 25.8 Å². The van der Waals surface area contributed by atoms with Crippen LogP contribution < -0.4 is 0 Å². The Kier molecular flexibility index (Phi) is 5.81. The Morgan fingerprint density at radius 2 is 2.00 bits per heavy atom. The van der Waals surface area contributed by atoms with Gasteiger partial charge in [-0.25, -0.2) is 0 Å². The molecule has 1 unspecified atom stereocenters. The third kappa shape index (κ3) is 4.68. The summed E-state index contributed by atoms with van der Waals surface area (Å²) in [5, 5.41) is 17.6. The first-order valence-electron chi connectivity index (χ1n) is 8.72. The Labute approximate surface area is 163 Å². The van der Waals surface area contributed by atoms with Crippen LogP contribution in [0.25, 0.3) is 0 Å². The molecule has 6 heteroatoms. The van der Waals surface area contributed by atoms with Gasteiger partial charge in [0, 0.05) is 30.1 Å². The highest BCUT2D eigenvalue weighted by molar-refractivity contribution is 6.31. The Hall–Kier alpha value is -2.79. The smallest absolute Gasteiger partial charge is 0.223 e. The molecule has 0 aliphatic carbocycles. The maximum Gasteiger partial charge on any atom is 0.223 e. The Balaban J connectivity index is 1.85. The fourth-order valence-electron chi connectivity index (χ4n) is 3.12. The van der Waals surface area contributed by atoms with Crippen LogP contribution in [0, 0.1) is 6.92 Å². The molecule has 0 aliphatic rings. The van der Waals surface area contributed by atoms with Crippen molar-refractivity contribution in [1.29, 1.82) is 0 Å². The number of carbonyl (C=O) groups is 1. The maximum atomic E-state index is 12.9. The highest BCUT2D eigenvalue weighted by Crippen LogP contribution is 2.34. The van der Waals surface area contributed by atoms with Gasteiger partial charge in [0.2, 0.25) is 5.91 Å². The van der Waals surface area contributed by atoms with Gasteiger partial charge >= 0.3 is 0 Å². The van der Waals surface area contributed by atoms with Crippen molar-refractivity contribution < 1.29 is 9.90 Å². The Morgan fingerprint density at radius 1 is 1.22 bits per heavy atom. The number of nitrogens with one attached hydrogen (secondary N) is 1. The number of aromatic nitrogens is 2. The molecule has 1 heterocycles.